The molecule has 2 saturated carbocycles. The van der Waals surface area contributed by atoms with Gasteiger partial charge in [-0.1, -0.05) is 18.7 Å². The summed E-state index contributed by atoms with van der Waals surface area (Å²) in [7, 11) is 1.57. The summed E-state index contributed by atoms with van der Waals surface area (Å²) in [6, 6.07) is 1.70. The van der Waals surface area contributed by atoms with Crippen molar-refractivity contribution >= 4 is 17.6 Å². The van der Waals surface area contributed by atoms with Crippen molar-refractivity contribution in [1.82, 2.24) is 4.98 Å². The van der Waals surface area contributed by atoms with Crippen molar-refractivity contribution in [2.45, 2.75) is 50.6 Å². The van der Waals surface area contributed by atoms with Gasteiger partial charge in [0.25, 0.3) is 0 Å². The molecular weight excluding hydrogens is 369 g/mol. The monoisotopic (exact) mass is 394 g/mol. The second kappa shape index (κ2) is 7.97. The van der Waals surface area contributed by atoms with E-state index >= 15 is 0 Å². The first-order valence-corrected chi connectivity index (χ1v) is 9.53. The Morgan fingerprint density at radius 2 is 1.89 bits per heavy atom. The third kappa shape index (κ3) is 4.56. The smallest absolute Gasteiger partial charge is 0.391 e. The number of amides is 1. The minimum absolute atomic E-state index is 0.0867. The highest BCUT2D eigenvalue weighted by Gasteiger charge is 2.41. The second-order valence-corrected chi connectivity index (χ2v) is 7.64. The molecule has 1 heterocycles. The first-order valence-electron chi connectivity index (χ1n) is 9.53. The number of hydrogen-bond donors (Lipinski definition) is 1. The molecule has 0 atom stereocenters. The van der Waals surface area contributed by atoms with Crippen LogP contribution in [0.2, 0.25) is 0 Å². The first kappa shape index (κ1) is 20.4. The number of rotatable bonds is 6. The Hall–Kier alpha value is -2.31. The normalized spacial score (nSPS) is 23.0. The zero-order valence-corrected chi connectivity index (χ0v) is 15.9. The molecule has 1 aromatic heterocycles. The summed E-state index contributed by atoms with van der Waals surface area (Å²) in [5, 5.41) is 0. The van der Waals surface area contributed by atoms with Crippen LogP contribution in [0.15, 0.2) is 18.7 Å². The number of nitrogens with zero attached hydrogens (tertiary/aromatic N) is 1. The van der Waals surface area contributed by atoms with Gasteiger partial charge in [0.15, 0.2) is 0 Å². The third-order valence-corrected chi connectivity index (χ3v) is 5.59. The van der Waals surface area contributed by atoms with E-state index in [2.05, 4.69) is 11.6 Å². The molecule has 2 aliphatic rings. The highest BCUT2D eigenvalue weighted by Crippen LogP contribution is 2.45. The van der Waals surface area contributed by atoms with Gasteiger partial charge in [-0.15, -0.1) is 0 Å². The highest BCUT2D eigenvalue weighted by molar-refractivity contribution is 6.17. The number of carbonyl (C=O) groups excluding carboxylic acids is 1. The molecule has 1 aromatic rings. The van der Waals surface area contributed by atoms with Crippen molar-refractivity contribution in [2.75, 3.05) is 7.11 Å². The van der Waals surface area contributed by atoms with Crippen LogP contribution in [0.5, 0.6) is 5.75 Å². The van der Waals surface area contributed by atoms with Crippen LogP contribution in [-0.4, -0.2) is 24.2 Å². The zero-order valence-electron chi connectivity index (χ0n) is 15.9. The fraction of sp³-hybridized carbons (Fsp3) is 0.524. The van der Waals surface area contributed by atoms with E-state index in [0.717, 1.165) is 24.1 Å². The Bertz CT molecular complexity index is 790. The van der Waals surface area contributed by atoms with Crippen LogP contribution in [-0.2, 0) is 4.79 Å². The topological polar surface area (TPSA) is 65.2 Å². The highest BCUT2D eigenvalue weighted by atomic mass is 19.4. The lowest BCUT2D eigenvalue weighted by Gasteiger charge is -2.28. The third-order valence-electron chi connectivity index (χ3n) is 5.59. The second-order valence-electron chi connectivity index (χ2n) is 7.64. The molecule has 7 heteroatoms. The number of aromatic nitrogens is 1. The summed E-state index contributed by atoms with van der Waals surface area (Å²) >= 11 is 0. The number of primary amides is 1. The molecular formula is C21H25F3N2O2. The average Bonchev–Trinajstić information content (AvgIpc) is 3.49. The molecule has 0 unspecified atom stereocenters. The van der Waals surface area contributed by atoms with Crippen LogP contribution in [0.1, 0.15) is 61.4 Å². The van der Waals surface area contributed by atoms with Crippen LogP contribution in [0.4, 0.5) is 13.2 Å². The summed E-state index contributed by atoms with van der Waals surface area (Å²) in [6.07, 6.45) is 3.02. The van der Waals surface area contributed by atoms with Crippen molar-refractivity contribution in [3.63, 3.8) is 0 Å². The summed E-state index contributed by atoms with van der Waals surface area (Å²) < 4.78 is 44.1. The maximum Gasteiger partial charge on any atom is 0.391 e. The Kier molecular flexibility index (Phi) is 5.82. The van der Waals surface area contributed by atoms with E-state index in [1.54, 1.807) is 13.2 Å². The number of methoxy groups -OCH3 is 1. The maximum absolute atomic E-state index is 12.8. The lowest BCUT2D eigenvalue weighted by molar-refractivity contribution is -0.183. The van der Waals surface area contributed by atoms with E-state index in [1.807, 2.05) is 12.2 Å². The molecule has 152 valence electrons. The predicted molar refractivity (Wildman–Crippen MR) is 102 cm³/mol. The lowest BCUT2D eigenvalue weighted by atomic mass is 9.81. The summed E-state index contributed by atoms with van der Waals surface area (Å²) in [4.78, 5) is 16.1. The first-order chi connectivity index (χ1) is 13.2. The average molecular weight is 394 g/mol. The number of ether oxygens (including phenoxy) is 1. The fourth-order valence-electron chi connectivity index (χ4n) is 3.71. The maximum atomic E-state index is 12.8. The Balaban J connectivity index is 1.83. The molecule has 0 saturated heterocycles. The van der Waals surface area contributed by atoms with Gasteiger partial charge in [0, 0.05) is 11.5 Å². The molecule has 2 N–H and O–H groups in total. The summed E-state index contributed by atoms with van der Waals surface area (Å²) in [5.41, 5.74) is 7.42. The molecule has 0 aromatic carbocycles. The summed E-state index contributed by atoms with van der Waals surface area (Å²) in [6.45, 7) is 3.71. The number of allylic oxidation sites excluding steroid dienone is 1. The molecule has 4 nitrogen and oxygen atoms in total. The van der Waals surface area contributed by atoms with Crippen molar-refractivity contribution < 1.29 is 22.7 Å². The van der Waals surface area contributed by atoms with E-state index in [1.165, 1.54) is 0 Å². The van der Waals surface area contributed by atoms with Gasteiger partial charge in [-0.25, -0.2) is 4.98 Å². The van der Waals surface area contributed by atoms with E-state index in [-0.39, 0.29) is 30.3 Å². The van der Waals surface area contributed by atoms with Crippen LogP contribution >= 0.6 is 0 Å². The largest absolute Gasteiger partial charge is 0.494 e. The number of pyridine rings is 1. The van der Waals surface area contributed by atoms with Gasteiger partial charge in [-0.2, -0.15) is 13.2 Å². The Labute approximate surface area is 162 Å². The van der Waals surface area contributed by atoms with E-state index in [9.17, 15) is 18.0 Å². The number of halogens is 3. The molecule has 2 fully saturated rings. The van der Waals surface area contributed by atoms with Crippen LogP contribution in [0.25, 0.3) is 11.6 Å². The number of carbonyl (C=O) groups is 1. The van der Waals surface area contributed by atoms with E-state index < -0.39 is 18.0 Å². The summed E-state index contributed by atoms with van der Waals surface area (Å²) in [5.74, 6) is -0.822. The fourth-order valence-corrected chi connectivity index (χ4v) is 3.71. The minimum atomic E-state index is -4.10. The molecule has 28 heavy (non-hydrogen) atoms. The van der Waals surface area contributed by atoms with Gasteiger partial charge in [0.1, 0.15) is 5.75 Å². The van der Waals surface area contributed by atoms with Gasteiger partial charge in [0.2, 0.25) is 5.91 Å². The molecule has 0 aliphatic heterocycles. The molecule has 0 radical (unpaired) electrons. The van der Waals surface area contributed by atoms with Crippen molar-refractivity contribution in [2.24, 2.45) is 17.6 Å². The lowest BCUT2D eigenvalue weighted by Crippen LogP contribution is -2.27. The van der Waals surface area contributed by atoms with Gasteiger partial charge < -0.3 is 10.5 Å². The number of alkyl halides is 3. The zero-order chi connectivity index (χ0) is 20.5. The van der Waals surface area contributed by atoms with E-state index in [4.69, 9.17) is 10.5 Å². The van der Waals surface area contributed by atoms with Crippen LogP contribution in [0, 0.1) is 11.8 Å². The van der Waals surface area contributed by atoms with Crippen molar-refractivity contribution in [3.8, 4) is 5.75 Å². The Morgan fingerprint density at radius 3 is 2.39 bits per heavy atom. The van der Waals surface area contributed by atoms with Gasteiger partial charge in [-0.3, -0.25) is 4.79 Å². The molecule has 0 bridgehead atoms. The van der Waals surface area contributed by atoms with Gasteiger partial charge >= 0.3 is 6.18 Å². The molecule has 0 spiro atoms. The number of nitrogens with two attached hydrogens (primary N) is 1. The van der Waals surface area contributed by atoms with Gasteiger partial charge in [0.05, 0.1) is 30.0 Å². The minimum Gasteiger partial charge on any atom is -0.494 e. The Morgan fingerprint density at radius 1 is 1.25 bits per heavy atom. The van der Waals surface area contributed by atoms with Crippen molar-refractivity contribution in [3.05, 3.63) is 35.7 Å². The molecule has 3 rings (SSSR count). The van der Waals surface area contributed by atoms with Crippen LogP contribution in [0.3, 0.4) is 0 Å². The standard InChI is InChI=1S/C21H25F3N2O2/c1-12(20(25)27)17-11-15(19(28-2)18(26-17)14-7-8-14)6-3-13-4-9-16(10-5-13)21(22,23)24/h3,6,11,13-14,16H,1,4-5,7-10H2,2H3,(H2,25,27)/b6-3+. The number of hydrogen-bond acceptors (Lipinski definition) is 3. The van der Waals surface area contributed by atoms with Crippen molar-refractivity contribution in [1.29, 1.82) is 0 Å². The quantitative estimate of drug-likeness (QED) is 0.702. The van der Waals surface area contributed by atoms with Crippen LogP contribution < -0.4 is 10.5 Å². The van der Waals surface area contributed by atoms with E-state index in [0.29, 0.717) is 24.3 Å². The molecule has 2 aliphatic carbocycles. The SMILES string of the molecule is C=C(C(N)=O)c1cc(/C=C/C2CCC(C(F)(F)F)CC2)c(OC)c(C2CC2)n1. The predicted octanol–water partition coefficient (Wildman–Crippen LogP) is 4.85. The van der Waals surface area contributed by atoms with Gasteiger partial charge in [-0.05, 0) is 50.5 Å². The molecule has 1 amide bonds.